The highest BCUT2D eigenvalue weighted by Crippen LogP contribution is 2.19. The molecule has 5 heteroatoms. The van der Waals surface area contributed by atoms with Crippen LogP contribution in [0.25, 0.3) is 11.4 Å². The number of rotatable bonds is 3. The third kappa shape index (κ3) is 3.08. The molecule has 1 aromatic heterocycles. The fraction of sp³-hybridized carbons (Fsp3) is 0.333. The zero-order chi connectivity index (χ0) is 13.9. The second-order valence-corrected chi connectivity index (χ2v) is 5.52. The van der Waals surface area contributed by atoms with E-state index in [0.29, 0.717) is 10.8 Å². The van der Waals surface area contributed by atoms with Gasteiger partial charge in [-0.25, -0.2) is 4.98 Å². The number of aromatic nitrogens is 2. The van der Waals surface area contributed by atoms with Crippen molar-refractivity contribution in [3.05, 3.63) is 51.4 Å². The molecule has 1 N–H and O–H groups in total. The largest absolute Gasteiger partial charge is 0.307 e. The minimum Gasteiger partial charge on any atom is -0.307 e. The van der Waals surface area contributed by atoms with Crippen LogP contribution in [0.5, 0.6) is 0 Å². The maximum atomic E-state index is 11.8. The highest BCUT2D eigenvalue weighted by Gasteiger charge is 2.13. The van der Waals surface area contributed by atoms with E-state index in [0.717, 1.165) is 30.9 Å². The van der Waals surface area contributed by atoms with Crippen molar-refractivity contribution in [2.75, 3.05) is 13.1 Å². The SMILES string of the molecule is O=c1cc(CN2CCCC2)nc(-c2cccc(Cl)c2)[nH]1. The Morgan fingerprint density at radius 1 is 1.25 bits per heavy atom. The zero-order valence-electron chi connectivity index (χ0n) is 11.1. The molecule has 0 bridgehead atoms. The highest BCUT2D eigenvalue weighted by molar-refractivity contribution is 6.30. The first-order valence-corrected chi connectivity index (χ1v) is 7.17. The van der Waals surface area contributed by atoms with Gasteiger partial charge in [-0.1, -0.05) is 23.7 Å². The van der Waals surface area contributed by atoms with E-state index < -0.39 is 0 Å². The molecule has 0 aliphatic carbocycles. The molecule has 104 valence electrons. The van der Waals surface area contributed by atoms with Crippen LogP contribution in [0.3, 0.4) is 0 Å². The Balaban J connectivity index is 1.91. The summed E-state index contributed by atoms with van der Waals surface area (Å²) in [5, 5.41) is 0.634. The van der Waals surface area contributed by atoms with Crippen molar-refractivity contribution in [1.82, 2.24) is 14.9 Å². The summed E-state index contributed by atoms with van der Waals surface area (Å²) in [5.74, 6) is 0.578. The molecule has 2 heterocycles. The topological polar surface area (TPSA) is 49.0 Å². The predicted molar refractivity (Wildman–Crippen MR) is 79.8 cm³/mol. The van der Waals surface area contributed by atoms with E-state index >= 15 is 0 Å². The first-order valence-electron chi connectivity index (χ1n) is 6.79. The second kappa shape index (κ2) is 5.77. The van der Waals surface area contributed by atoms with Gasteiger partial charge >= 0.3 is 0 Å². The maximum absolute atomic E-state index is 11.8. The van der Waals surface area contributed by atoms with Gasteiger partial charge in [0.25, 0.3) is 5.56 Å². The molecule has 0 unspecified atom stereocenters. The number of halogens is 1. The molecular weight excluding hydrogens is 274 g/mol. The van der Waals surface area contributed by atoms with Crippen LogP contribution < -0.4 is 5.56 Å². The summed E-state index contributed by atoms with van der Waals surface area (Å²) in [6, 6.07) is 8.93. The van der Waals surface area contributed by atoms with Crippen LogP contribution in [0, 0.1) is 0 Å². The molecule has 4 nitrogen and oxygen atoms in total. The molecule has 1 fully saturated rings. The Morgan fingerprint density at radius 2 is 2.05 bits per heavy atom. The Hall–Kier alpha value is -1.65. The normalized spacial score (nSPS) is 15.7. The molecule has 0 saturated carbocycles. The van der Waals surface area contributed by atoms with Crippen molar-refractivity contribution >= 4 is 11.6 Å². The minimum absolute atomic E-state index is 0.121. The highest BCUT2D eigenvalue weighted by atomic mass is 35.5. The van der Waals surface area contributed by atoms with E-state index in [1.54, 1.807) is 18.2 Å². The molecule has 1 saturated heterocycles. The van der Waals surface area contributed by atoms with Gasteiger partial charge in [-0.2, -0.15) is 0 Å². The number of nitrogens with zero attached hydrogens (tertiary/aromatic N) is 2. The lowest BCUT2D eigenvalue weighted by Gasteiger charge is -2.14. The standard InChI is InChI=1S/C15H16ClN3O/c16-12-5-3-4-11(8-12)15-17-13(9-14(20)18-15)10-19-6-1-2-7-19/h3-5,8-9H,1-2,6-7,10H2,(H,17,18,20). The number of likely N-dealkylation sites (tertiary alicyclic amines) is 1. The zero-order valence-corrected chi connectivity index (χ0v) is 11.9. The van der Waals surface area contributed by atoms with Crippen molar-refractivity contribution in [3.8, 4) is 11.4 Å². The van der Waals surface area contributed by atoms with Crippen LogP contribution in [-0.2, 0) is 6.54 Å². The summed E-state index contributed by atoms with van der Waals surface area (Å²) in [4.78, 5) is 21.4. The molecule has 0 atom stereocenters. The number of H-pyrrole nitrogens is 1. The van der Waals surface area contributed by atoms with Gasteiger partial charge in [-0.15, -0.1) is 0 Å². The quantitative estimate of drug-likeness (QED) is 0.945. The van der Waals surface area contributed by atoms with Crippen molar-refractivity contribution in [2.45, 2.75) is 19.4 Å². The third-order valence-electron chi connectivity index (χ3n) is 3.48. The summed E-state index contributed by atoms with van der Waals surface area (Å²) >= 11 is 5.98. The number of nitrogens with one attached hydrogen (secondary N) is 1. The Bertz CT molecular complexity index is 662. The molecule has 1 aliphatic rings. The monoisotopic (exact) mass is 289 g/mol. The van der Waals surface area contributed by atoms with Gasteiger partial charge < -0.3 is 4.98 Å². The average Bonchev–Trinajstić information content (AvgIpc) is 2.91. The number of hydrogen-bond donors (Lipinski definition) is 1. The molecule has 20 heavy (non-hydrogen) atoms. The van der Waals surface area contributed by atoms with Crippen LogP contribution in [0.2, 0.25) is 5.02 Å². The Kier molecular flexibility index (Phi) is 3.85. The van der Waals surface area contributed by atoms with E-state index in [1.807, 2.05) is 12.1 Å². The summed E-state index contributed by atoms with van der Waals surface area (Å²) in [5.41, 5.74) is 1.52. The van der Waals surface area contributed by atoms with Crippen LogP contribution in [0.15, 0.2) is 35.1 Å². The van der Waals surface area contributed by atoms with Crippen LogP contribution in [-0.4, -0.2) is 28.0 Å². The third-order valence-corrected chi connectivity index (χ3v) is 3.71. The van der Waals surface area contributed by atoms with E-state index in [2.05, 4.69) is 14.9 Å². The van der Waals surface area contributed by atoms with Crippen LogP contribution in [0.4, 0.5) is 0 Å². The predicted octanol–water partition coefficient (Wildman–Crippen LogP) is 2.69. The smallest absolute Gasteiger partial charge is 0.251 e. The first-order chi connectivity index (χ1) is 9.70. The number of benzene rings is 1. The number of aromatic amines is 1. The molecule has 0 spiro atoms. The number of hydrogen-bond acceptors (Lipinski definition) is 3. The Labute approximate surface area is 122 Å². The van der Waals surface area contributed by atoms with Crippen LogP contribution >= 0.6 is 11.6 Å². The molecule has 2 aromatic rings. The summed E-state index contributed by atoms with van der Waals surface area (Å²) in [7, 11) is 0. The maximum Gasteiger partial charge on any atom is 0.251 e. The van der Waals surface area contributed by atoms with Gasteiger partial charge in [0.15, 0.2) is 0 Å². The average molecular weight is 290 g/mol. The molecule has 1 aromatic carbocycles. The van der Waals surface area contributed by atoms with Crippen molar-refractivity contribution in [1.29, 1.82) is 0 Å². The lowest BCUT2D eigenvalue weighted by molar-refractivity contribution is 0.327. The summed E-state index contributed by atoms with van der Waals surface area (Å²) in [6.45, 7) is 2.90. The fourth-order valence-corrected chi connectivity index (χ4v) is 2.72. The van der Waals surface area contributed by atoms with Gasteiger partial charge in [0.1, 0.15) is 5.82 Å². The van der Waals surface area contributed by atoms with Crippen molar-refractivity contribution in [2.24, 2.45) is 0 Å². The molecule has 1 aliphatic heterocycles. The minimum atomic E-state index is -0.121. The van der Waals surface area contributed by atoms with E-state index in [-0.39, 0.29) is 5.56 Å². The van der Waals surface area contributed by atoms with Gasteiger partial charge in [0.05, 0.1) is 5.69 Å². The van der Waals surface area contributed by atoms with Gasteiger partial charge in [0, 0.05) is 23.2 Å². The van der Waals surface area contributed by atoms with Gasteiger partial charge in [-0.05, 0) is 38.1 Å². The van der Waals surface area contributed by atoms with Crippen LogP contribution in [0.1, 0.15) is 18.5 Å². The fourth-order valence-electron chi connectivity index (χ4n) is 2.53. The lowest BCUT2D eigenvalue weighted by atomic mass is 10.2. The van der Waals surface area contributed by atoms with E-state index in [1.165, 1.54) is 12.8 Å². The van der Waals surface area contributed by atoms with E-state index in [9.17, 15) is 4.79 Å². The first kappa shape index (κ1) is 13.3. The summed E-state index contributed by atoms with van der Waals surface area (Å²) in [6.07, 6.45) is 2.45. The Morgan fingerprint density at radius 3 is 2.80 bits per heavy atom. The lowest BCUT2D eigenvalue weighted by Crippen LogP contribution is -2.21. The van der Waals surface area contributed by atoms with Gasteiger partial charge in [-0.3, -0.25) is 9.69 Å². The molecule has 0 amide bonds. The van der Waals surface area contributed by atoms with Crippen molar-refractivity contribution < 1.29 is 0 Å². The molecule has 3 rings (SSSR count). The van der Waals surface area contributed by atoms with Gasteiger partial charge in [0.2, 0.25) is 0 Å². The van der Waals surface area contributed by atoms with E-state index in [4.69, 9.17) is 11.6 Å². The molecular formula is C15H16ClN3O. The molecule has 0 radical (unpaired) electrons. The second-order valence-electron chi connectivity index (χ2n) is 5.08. The summed E-state index contributed by atoms with van der Waals surface area (Å²) < 4.78 is 0. The van der Waals surface area contributed by atoms with Crippen molar-refractivity contribution in [3.63, 3.8) is 0 Å².